The second-order valence-electron chi connectivity index (χ2n) is 5.47. The molecule has 2 heterocycles. The first-order valence-electron chi connectivity index (χ1n) is 7.59. The molecule has 0 saturated heterocycles. The van der Waals surface area contributed by atoms with Gasteiger partial charge in [0.15, 0.2) is 0 Å². The molecule has 1 N–H and O–H groups in total. The Balaban J connectivity index is 1.81. The zero-order valence-corrected chi connectivity index (χ0v) is 13.5. The van der Waals surface area contributed by atoms with Crippen molar-refractivity contribution in [3.05, 3.63) is 52.7 Å². The van der Waals surface area contributed by atoms with Crippen LogP contribution in [0, 0.1) is 25.2 Å². The minimum atomic E-state index is 0.0940. The Morgan fingerprint density at radius 1 is 1.21 bits per heavy atom. The third kappa shape index (κ3) is 3.05. The Bertz CT molecular complexity index is 887. The van der Waals surface area contributed by atoms with Gasteiger partial charge in [0.25, 0.3) is 0 Å². The van der Waals surface area contributed by atoms with Crippen LogP contribution >= 0.6 is 0 Å². The second kappa shape index (κ2) is 6.64. The molecule has 0 aliphatic carbocycles. The summed E-state index contributed by atoms with van der Waals surface area (Å²) in [5.41, 5.74) is 4.28. The summed E-state index contributed by atoms with van der Waals surface area (Å²) in [4.78, 5) is 0. The largest absolute Gasteiger partial charge is 0.419 e. The third-order valence-corrected chi connectivity index (χ3v) is 3.91. The maximum Gasteiger partial charge on any atom is 0.247 e. The number of aliphatic hydroxyl groups is 1. The van der Waals surface area contributed by atoms with Gasteiger partial charge in [-0.1, -0.05) is 0 Å². The molecule has 3 aromatic rings. The number of hydrogen-bond acceptors (Lipinski definition) is 6. The van der Waals surface area contributed by atoms with Gasteiger partial charge in [-0.2, -0.15) is 10.4 Å². The van der Waals surface area contributed by atoms with Crippen LogP contribution in [0.4, 0.5) is 0 Å². The lowest BCUT2D eigenvalue weighted by atomic mass is 10.1. The fraction of sp³-hybridized carbons (Fsp3) is 0.294. The zero-order valence-electron chi connectivity index (χ0n) is 13.5. The van der Waals surface area contributed by atoms with Gasteiger partial charge < -0.3 is 9.52 Å². The van der Waals surface area contributed by atoms with Crippen molar-refractivity contribution >= 4 is 0 Å². The summed E-state index contributed by atoms with van der Waals surface area (Å²) in [5, 5.41) is 30.6. The topological polar surface area (TPSA) is 101 Å². The predicted molar refractivity (Wildman–Crippen MR) is 86.0 cm³/mol. The Hall–Kier alpha value is -2.98. The highest BCUT2D eigenvalue weighted by Gasteiger charge is 2.14. The number of aryl methyl sites for hydroxylation is 1. The van der Waals surface area contributed by atoms with E-state index in [1.54, 1.807) is 28.9 Å². The van der Waals surface area contributed by atoms with E-state index in [0.717, 1.165) is 22.5 Å². The molecule has 0 fully saturated rings. The monoisotopic (exact) mass is 323 g/mol. The van der Waals surface area contributed by atoms with E-state index in [0.29, 0.717) is 30.3 Å². The van der Waals surface area contributed by atoms with Gasteiger partial charge in [0.2, 0.25) is 11.8 Å². The van der Waals surface area contributed by atoms with Gasteiger partial charge in [-0.25, -0.2) is 0 Å². The molecule has 122 valence electrons. The number of rotatable bonds is 5. The van der Waals surface area contributed by atoms with Gasteiger partial charge in [-0.15, -0.1) is 10.2 Å². The molecule has 0 unspecified atom stereocenters. The molecule has 0 spiro atoms. The first-order valence-corrected chi connectivity index (χ1v) is 7.59. The van der Waals surface area contributed by atoms with Crippen LogP contribution < -0.4 is 0 Å². The van der Waals surface area contributed by atoms with Crippen molar-refractivity contribution in [1.29, 1.82) is 5.26 Å². The van der Waals surface area contributed by atoms with Gasteiger partial charge in [-0.3, -0.25) is 4.68 Å². The fourth-order valence-corrected chi connectivity index (χ4v) is 2.61. The first kappa shape index (κ1) is 15.9. The van der Waals surface area contributed by atoms with E-state index >= 15 is 0 Å². The summed E-state index contributed by atoms with van der Waals surface area (Å²) in [6, 6.07) is 9.04. The maximum atomic E-state index is 9.14. The summed E-state index contributed by atoms with van der Waals surface area (Å²) in [7, 11) is 0. The maximum absolute atomic E-state index is 9.14. The van der Waals surface area contributed by atoms with Crippen LogP contribution in [0.3, 0.4) is 0 Å². The number of hydrogen-bond donors (Lipinski definition) is 1. The summed E-state index contributed by atoms with van der Waals surface area (Å²) in [6.07, 6.45) is 0.581. The molecule has 0 amide bonds. The molecule has 3 rings (SSSR count). The Labute approximate surface area is 139 Å². The van der Waals surface area contributed by atoms with E-state index in [4.69, 9.17) is 14.8 Å². The van der Waals surface area contributed by atoms with E-state index in [-0.39, 0.29) is 6.61 Å². The normalized spacial score (nSPS) is 10.8. The van der Waals surface area contributed by atoms with Gasteiger partial charge in [-0.05, 0) is 50.1 Å². The van der Waals surface area contributed by atoms with Crippen LogP contribution in [0.25, 0.3) is 11.5 Å². The van der Waals surface area contributed by atoms with Crippen molar-refractivity contribution in [2.75, 3.05) is 6.61 Å². The van der Waals surface area contributed by atoms with Crippen molar-refractivity contribution in [3.63, 3.8) is 0 Å². The number of nitriles is 1. The minimum absolute atomic E-state index is 0.0940. The number of aromatic nitrogens is 4. The average Bonchev–Trinajstić information content (AvgIpc) is 3.16. The van der Waals surface area contributed by atoms with Crippen molar-refractivity contribution in [2.45, 2.75) is 26.8 Å². The summed E-state index contributed by atoms with van der Waals surface area (Å²) in [5.74, 6) is 0.863. The lowest BCUT2D eigenvalue weighted by molar-refractivity contribution is 0.299. The molecule has 0 aliphatic heterocycles. The van der Waals surface area contributed by atoms with Crippen LogP contribution in [0.1, 0.15) is 28.4 Å². The second-order valence-corrected chi connectivity index (χ2v) is 5.47. The van der Waals surface area contributed by atoms with Crippen molar-refractivity contribution in [1.82, 2.24) is 20.0 Å². The van der Waals surface area contributed by atoms with E-state index in [1.807, 2.05) is 13.8 Å². The van der Waals surface area contributed by atoms with Crippen molar-refractivity contribution < 1.29 is 9.52 Å². The van der Waals surface area contributed by atoms with Gasteiger partial charge >= 0.3 is 0 Å². The van der Waals surface area contributed by atoms with Crippen LogP contribution in [-0.4, -0.2) is 31.7 Å². The van der Waals surface area contributed by atoms with Crippen LogP contribution in [0.15, 0.2) is 28.7 Å². The van der Waals surface area contributed by atoms with E-state index in [2.05, 4.69) is 21.4 Å². The van der Waals surface area contributed by atoms with E-state index in [9.17, 15) is 0 Å². The van der Waals surface area contributed by atoms with Crippen molar-refractivity contribution in [2.24, 2.45) is 0 Å². The Morgan fingerprint density at radius 2 is 1.96 bits per heavy atom. The predicted octanol–water partition coefficient (Wildman–Crippen LogP) is 2.00. The molecule has 7 heteroatoms. The fourth-order valence-electron chi connectivity index (χ4n) is 2.61. The average molecular weight is 323 g/mol. The Kier molecular flexibility index (Phi) is 4.40. The minimum Gasteiger partial charge on any atom is -0.419 e. The SMILES string of the molecule is Cc1nn(Cc2nnc(-c3ccc(C#N)cc3)o2)c(C)c1CCO. The lowest BCUT2D eigenvalue weighted by Gasteiger charge is -2.01. The summed E-state index contributed by atoms with van der Waals surface area (Å²) in [6.45, 7) is 4.35. The lowest BCUT2D eigenvalue weighted by Crippen LogP contribution is -2.05. The van der Waals surface area contributed by atoms with E-state index in [1.165, 1.54) is 0 Å². The summed E-state index contributed by atoms with van der Waals surface area (Å²) >= 11 is 0. The molecule has 0 atom stereocenters. The number of aliphatic hydroxyl groups excluding tert-OH is 1. The van der Waals surface area contributed by atoms with Crippen LogP contribution in [0.2, 0.25) is 0 Å². The highest BCUT2D eigenvalue weighted by Crippen LogP contribution is 2.20. The molecule has 0 bridgehead atoms. The molecular weight excluding hydrogens is 306 g/mol. The molecule has 24 heavy (non-hydrogen) atoms. The van der Waals surface area contributed by atoms with Gasteiger partial charge in [0.05, 0.1) is 17.3 Å². The summed E-state index contributed by atoms with van der Waals surface area (Å²) < 4.78 is 7.50. The molecule has 0 saturated carbocycles. The molecular formula is C17H17N5O2. The highest BCUT2D eigenvalue weighted by molar-refractivity contribution is 5.54. The first-order chi connectivity index (χ1) is 11.6. The molecule has 2 aromatic heterocycles. The molecule has 0 aliphatic rings. The Morgan fingerprint density at radius 3 is 2.62 bits per heavy atom. The molecule has 0 radical (unpaired) electrons. The zero-order chi connectivity index (χ0) is 17.1. The van der Waals surface area contributed by atoms with E-state index < -0.39 is 0 Å². The molecule has 7 nitrogen and oxygen atoms in total. The van der Waals surface area contributed by atoms with Crippen LogP contribution in [-0.2, 0) is 13.0 Å². The molecule has 1 aromatic carbocycles. The quantitative estimate of drug-likeness (QED) is 0.770. The third-order valence-electron chi connectivity index (χ3n) is 3.91. The number of benzene rings is 1. The smallest absolute Gasteiger partial charge is 0.247 e. The number of nitrogens with zero attached hydrogens (tertiary/aromatic N) is 5. The highest BCUT2D eigenvalue weighted by atomic mass is 16.4. The van der Waals surface area contributed by atoms with Gasteiger partial charge in [0.1, 0.15) is 6.54 Å². The van der Waals surface area contributed by atoms with Crippen LogP contribution in [0.5, 0.6) is 0 Å². The standard InChI is InChI=1S/C17H17N5O2/c1-11-15(7-8-23)12(2)22(21-11)10-16-19-20-17(24-16)14-5-3-13(9-18)4-6-14/h3-6,23H,7-8,10H2,1-2H3. The van der Waals surface area contributed by atoms with Crippen molar-refractivity contribution in [3.8, 4) is 17.5 Å². The van der Waals surface area contributed by atoms with Gasteiger partial charge in [0, 0.05) is 17.9 Å².